The summed E-state index contributed by atoms with van der Waals surface area (Å²) in [4.78, 5) is 0. The lowest BCUT2D eigenvalue weighted by atomic mass is 10.3. The van der Waals surface area contributed by atoms with Crippen molar-refractivity contribution >= 4 is 0 Å². The molecule has 2 unspecified atom stereocenters. The molecular formula is C8H19NO2. The molecular weight excluding hydrogens is 142 g/mol. The summed E-state index contributed by atoms with van der Waals surface area (Å²) >= 11 is 0. The predicted octanol–water partition coefficient (Wildman–Crippen LogP) is 0.382. The first kappa shape index (κ1) is 10.9. The molecule has 0 rings (SSSR count). The SMILES string of the molecule is CCOC(C)CNCC(C)O. The fraction of sp³-hybridized carbons (Fsp3) is 1.00. The Hall–Kier alpha value is -0.120. The second-order valence-corrected chi connectivity index (χ2v) is 2.77. The van der Waals surface area contributed by atoms with Gasteiger partial charge in [-0.05, 0) is 20.8 Å². The van der Waals surface area contributed by atoms with Gasteiger partial charge in [-0.15, -0.1) is 0 Å². The first-order valence-electron chi connectivity index (χ1n) is 4.17. The predicted molar refractivity (Wildman–Crippen MR) is 45.6 cm³/mol. The minimum Gasteiger partial charge on any atom is -0.392 e. The molecule has 0 aliphatic carbocycles. The van der Waals surface area contributed by atoms with Crippen molar-refractivity contribution in [1.29, 1.82) is 0 Å². The molecule has 0 amide bonds. The molecule has 0 saturated carbocycles. The van der Waals surface area contributed by atoms with Crippen molar-refractivity contribution in [2.45, 2.75) is 33.0 Å². The van der Waals surface area contributed by atoms with Gasteiger partial charge < -0.3 is 15.2 Å². The number of hydrogen-bond acceptors (Lipinski definition) is 3. The summed E-state index contributed by atoms with van der Waals surface area (Å²) < 4.78 is 5.28. The largest absolute Gasteiger partial charge is 0.392 e. The van der Waals surface area contributed by atoms with Gasteiger partial charge in [-0.1, -0.05) is 0 Å². The molecule has 2 atom stereocenters. The van der Waals surface area contributed by atoms with Gasteiger partial charge in [0.05, 0.1) is 12.2 Å². The van der Waals surface area contributed by atoms with E-state index in [-0.39, 0.29) is 12.2 Å². The van der Waals surface area contributed by atoms with E-state index in [0.717, 1.165) is 13.2 Å². The summed E-state index contributed by atoms with van der Waals surface area (Å²) in [5.74, 6) is 0. The first-order valence-corrected chi connectivity index (χ1v) is 4.17. The third-order valence-electron chi connectivity index (χ3n) is 1.32. The van der Waals surface area contributed by atoms with E-state index in [1.165, 1.54) is 0 Å². The zero-order chi connectivity index (χ0) is 8.69. The van der Waals surface area contributed by atoms with E-state index in [4.69, 9.17) is 9.84 Å². The topological polar surface area (TPSA) is 41.5 Å². The van der Waals surface area contributed by atoms with Crippen molar-refractivity contribution in [3.8, 4) is 0 Å². The number of aliphatic hydroxyl groups excluding tert-OH is 1. The molecule has 0 aliphatic rings. The van der Waals surface area contributed by atoms with Crippen molar-refractivity contribution in [2.24, 2.45) is 0 Å². The van der Waals surface area contributed by atoms with E-state index in [1.807, 2.05) is 13.8 Å². The molecule has 2 N–H and O–H groups in total. The molecule has 0 spiro atoms. The van der Waals surface area contributed by atoms with Gasteiger partial charge in [-0.25, -0.2) is 0 Å². The minimum absolute atomic E-state index is 0.235. The van der Waals surface area contributed by atoms with Gasteiger partial charge in [0.2, 0.25) is 0 Å². The van der Waals surface area contributed by atoms with Gasteiger partial charge in [0.1, 0.15) is 0 Å². The normalized spacial score (nSPS) is 16.4. The number of hydrogen-bond donors (Lipinski definition) is 2. The Morgan fingerprint density at radius 1 is 1.36 bits per heavy atom. The van der Waals surface area contributed by atoms with Crippen molar-refractivity contribution in [3.05, 3.63) is 0 Å². The first-order chi connectivity index (χ1) is 5.16. The van der Waals surface area contributed by atoms with Crippen LogP contribution in [0.4, 0.5) is 0 Å². The Morgan fingerprint density at radius 2 is 2.00 bits per heavy atom. The van der Waals surface area contributed by atoms with E-state index >= 15 is 0 Å². The van der Waals surface area contributed by atoms with Crippen LogP contribution < -0.4 is 5.32 Å². The lowest BCUT2D eigenvalue weighted by Crippen LogP contribution is -2.32. The molecule has 0 aromatic carbocycles. The van der Waals surface area contributed by atoms with Gasteiger partial charge >= 0.3 is 0 Å². The lowest BCUT2D eigenvalue weighted by molar-refractivity contribution is 0.0732. The number of ether oxygens (including phenoxy) is 1. The standard InChI is InChI=1S/C8H19NO2/c1-4-11-8(3)6-9-5-7(2)10/h7-10H,4-6H2,1-3H3. The molecule has 0 aromatic rings. The molecule has 11 heavy (non-hydrogen) atoms. The third kappa shape index (κ3) is 7.78. The Bertz CT molecular complexity index is 86.2. The van der Waals surface area contributed by atoms with Crippen LogP contribution in [-0.4, -0.2) is 37.0 Å². The van der Waals surface area contributed by atoms with Gasteiger partial charge in [0.25, 0.3) is 0 Å². The lowest BCUT2D eigenvalue weighted by Gasteiger charge is -2.13. The average molecular weight is 161 g/mol. The van der Waals surface area contributed by atoms with Gasteiger partial charge in [0, 0.05) is 19.7 Å². The Kier molecular flexibility index (Phi) is 6.51. The highest BCUT2D eigenvalue weighted by Crippen LogP contribution is 1.87. The molecule has 0 aromatic heterocycles. The quantitative estimate of drug-likeness (QED) is 0.592. The van der Waals surface area contributed by atoms with Crippen LogP contribution in [0.1, 0.15) is 20.8 Å². The highest BCUT2D eigenvalue weighted by Gasteiger charge is 2.00. The van der Waals surface area contributed by atoms with Crippen LogP contribution in [0.15, 0.2) is 0 Å². The molecule has 0 fully saturated rings. The summed E-state index contributed by atoms with van der Waals surface area (Å²) in [5.41, 5.74) is 0. The molecule has 3 heteroatoms. The molecule has 0 aliphatic heterocycles. The monoisotopic (exact) mass is 161 g/mol. The van der Waals surface area contributed by atoms with Gasteiger partial charge in [-0.3, -0.25) is 0 Å². The van der Waals surface area contributed by atoms with E-state index < -0.39 is 0 Å². The van der Waals surface area contributed by atoms with Crippen LogP contribution in [0.5, 0.6) is 0 Å². The highest BCUT2D eigenvalue weighted by molar-refractivity contribution is 4.57. The van der Waals surface area contributed by atoms with Crippen molar-refractivity contribution in [2.75, 3.05) is 19.7 Å². The summed E-state index contributed by atoms with van der Waals surface area (Å²) in [6.07, 6.45) is -0.0393. The molecule has 68 valence electrons. The van der Waals surface area contributed by atoms with Crippen molar-refractivity contribution in [1.82, 2.24) is 5.32 Å². The van der Waals surface area contributed by atoms with Gasteiger partial charge in [0.15, 0.2) is 0 Å². The minimum atomic E-state index is -0.274. The molecule has 0 heterocycles. The smallest absolute Gasteiger partial charge is 0.0671 e. The summed E-state index contributed by atoms with van der Waals surface area (Å²) in [7, 11) is 0. The van der Waals surface area contributed by atoms with Crippen molar-refractivity contribution < 1.29 is 9.84 Å². The number of rotatable bonds is 6. The molecule has 3 nitrogen and oxygen atoms in total. The maximum absolute atomic E-state index is 8.89. The van der Waals surface area contributed by atoms with Crippen LogP contribution in [0.3, 0.4) is 0 Å². The molecule has 0 radical (unpaired) electrons. The third-order valence-corrected chi connectivity index (χ3v) is 1.32. The summed E-state index contributed by atoms with van der Waals surface area (Å²) in [5, 5.41) is 12.0. The number of nitrogens with one attached hydrogen (secondary N) is 1. The average Bonchev–Trinajstić information content (AvgIpc) is 1.87. The van der Waals surface area contributed by atoms with Crippen LogP contribution in [0, 0.1) is 0 Å². The van der Waals surface area contributed by atoms with Crippen LogP contribution >= 0.6 is 0 Å². The fourth-order valence-corrected chi connectivity index (χ4v) is 0.839. The Morgan fingerprint density at radius 3 is 2.45 bits per heavy atom. The van der Waals surface area contributed by atoms with E-state index in [9.17, 15) is 0 Å². The second kappa shape index (κ2) is 6.58. The van der Waals surface area contributed by atoms with Crippen LogP contribution in [0.25, 0.3) is 0 Å². The maximum Gasteiger partial charge on any atom is 0.0671 e. The van der Waals surface area contributed by atoms with E-state index in [0.29, 0.717) is 6.54 Å². The van der Waals surface area contributed by atoms with E-state index in [1.54, 1.807) is 6.92 Å². The Labute approximate surface area is 68.8 Å². The zero-order valence-corrected chi connectivity index (χ0v) is 7.63. The summed E-state index contributed by atoms with van der Waals surface area (Å²) in [6, 6.07) is 0. The van der Waals surface area contributed by atoms with Gasteiger partial charge in [-0.2, -0.15) is 0 Å². The maximum atomic E-state index is 8.89. The molecule has 0 bridgehead atoms. The van der Waals surface area contributed by atoms with Crippen molar-refractivity contribution in [3.63, 3.8) is 0 Å². The highest BCUT2D eigenvalue weighted by atomic mass is 16.5. The second-order valence-electron chi connectivity index (χ2n) is 2.77. The zero-order valence-electron chi connectivity index (χ0n) is 7.63. The van der Waals surface area contributed by atoms with Crippen LogP contribution in [0.2, 0.25) is 0 Å². The molecule has 0 saturated heterocycles. The Balaban J connectivity index is 3.10. The van der Waals surface area contributed by atoms with E-state index in [2.05, 4.69) is 5.32 Å². The fourth-order valence-electron chi connectivity index (χ4n) is 0.839. The van der Waals surface area contributed by atoms with Crippen LogP contribution in [-0.2, 0) is 4.74 Å². The number of aliphatic hydroxyl groups is 1. The summed E-state index contributed by atoms with van der Waals surface area (Å²) in [6.45, 7) is 7.94.